The minimum absolute atomic E-state index is 0.182. The maximum atomic E-state index is 12.6. The van der Waals surface area contributed by atoms with Gasteiger partial charge in [-0.1, -0.05) is 47.5 Å². The summed E-state index contributed by atoms with van der Waals surface area (Å²) in [5.74, 6) is -0.483. The van der Waals surface area contributed by atoms with E-state index in [4.69, 9.17) is 23.2 Å². The smallest absolute Gasteiger partial charge is 0.324 e. The predicted molar refractivity (Wildman–Crippen MR) is 80.2 cm³/mol. The molecular weight excluding hydrogens is 338 g/mol. The molecule has 2 aromatic carbocycles. The zero-order valence-electron chi connectivity index (χ0n) is 11.0. The molecule has 116 valence electrons. The quantitative estimate of drug-likeness (QED) is 0.812. The summed E-state index contributed by atoms with van der Waals surface area (Å²) in [6.07, 6.45) is -4.64. The highest BCUT2D eigenvalue weighted by Crippen LogP contribution is 2.31. The van der Waals surface area contributed by atoms with Crippen LogP contribution in [0.15, 0.2) is 42.5 Å². The van der Waals surface area contributed by atoms with E-state index in [0.29, 0.717) is 5.69 Å². The number of carbonyl (C=O) groups excluding carboxylic acids is 1. The van der Waals surface area contributed by atoms with Crippen LogP contribution in [0.3, 0.4) is 0 Å². The van der Waals surface area contributed by atoms with Gasteiger partial charge < -0.3 is 5.32 Å². The van der Waals surface area contributed by atoms with Gasteiger partial charge in [0.2, 0.25) is 5.91 Å². The topological polar surface area (TPSA) is 29.1 Å². The Hall–Kier alpha value is -1.72. The second-order valence-corrected chi connectivity index (χ2v) is 5.31. The second kappa shape index (κ2) is 6.58. The standard InChI is InChI=1S/C15H10Cl2F3NO/c16-11-5-2-6-12(14(11)17)21-13(22)8-9-3-1-4-10(7-9)15(18,19)20/h1-7H,8H2,(H,21,22). The molecule has 0 saturated carbocycles. The van der Waals surface area contributed by atoms with E-state index in [1.807, 2.05) is 0 Å². The van der Waals surface area contributed by atoms with E-state index in [1.165, 1.54) is 12.1 Å². The first kappa shape index (κ1) is 16.6. The maximum Gasteiger partial charge on any atom is 0.416 e. The first-order valence-corrected chi connectivity index (χ1v) is 6.93. The summed E-state index contributed by atoms with van der Waals surface area (Å²) < 4.78 is 37.9. The molecule has 0 bridgehead atoms. The monoisotopic (exact) mass is 347 g/mol. The second-order valence-electron chi connectivity index (χ2n) is 4.52. The normalized spacial score (nSPS) is 11.3. The molecule has 2 aromatic rings. The molecule has 2 rings (SSSR count). The van der Waals surface area contributed by atoms with Crippen LogP contribution in [0.5, 0.6) is 0 Å². The summed E-state index contributed by atoms with van der Waals surface area (Å²) in [7, 11) is 0. The Morgan fingerprint density at radius 2 is 1.77 bits per heavy atom. The molecule has 7 heteroatoms. The lowest BCUT2D eigenvalue weighted by Crippen LogP contribution is -2.15. The van der Waals surface area contributed by atoms with Crippen molar-refractivity contribution in [3.05, 3.63) is 63.6 Å². The van der Waals surface area contributed by atoms with Gasteiger partial charge in [-0.25, -0.2) is 0 Å². The molecule has 0 aromatic heterocycles. The van der Waals surface area contributed by atoms with Crippen molar-refractivity contribution in [2.45, 2.75) is 12.6 Å². The van der Waals surface area contributed by atoms with Gasteiger partial charge in [0.25, 0.3) is 0 Å². The average molecular weight is 348 g/mol. The van der Waals surface area contributed by atoms with Crippen molar-refractivity contribution in [3.63, 3.8) is 0 Å². The first-order chi connectivity index (χ1) is 10.3. The van der Waals surface area contributed by atoms with E-state index < -0.39 is 17.6 Å². The van der Waals surface area contributed by atoms with Gasteiger partial charge in [-0.2, -0.15) is 13.2 Å². The molecule has 0 radical (unpaired) electrons. The molecule has 0 unspecified atom stereocenters. The summed E-state index contributed by atoms with van der Waals surface area (Å²) in [5.41, 5.74) is -0.227. The van der Waals surface area contributed by atoms with Crippen LogP contribution in [0.25, 0.3) is 0 Å². The SMILES string of the molecule is O=C(Cc1cccc(C(F)(F)F)c1)Nc1cccc(Cl)c1Cl. The highest BCUT2D eigenvalue weighted by molar-refractivity contribution is 6.43. The summed E-state index contributed by atoms with van der Waals surface area (Å²) in [6.45, 7) is 0. The van der Waals surface area contributed by atoms with Crippen LogP contribution in [0.2, 0.25) is 10.0 Å². The molecule has 1 amide bonds. The third kappa shape index (κ3) is 4.15. The van der Waals surface area contributed by atoms with Crippen molar-refractivity contribution in [2.24, 2.45) is 0 Å². The Balaban J connectivity index is 2.11. The molecule has 22 heavy (non-hydrogen) atoms. The van der Waals surface area contributed by atoms with Gasteiger partial charge >= 0.3 is 6.18 Å². The van der Waals surface area contributed by atoms with Crippen molar-refractivity contribution in [1.29, 1.82) is 0 Å². The zero-order chi connectivity index (χ0) is 16.3. The number of anilines is 1. The summed E-state index contributed by atoms with van der Waals surface area (Å²) in [6, 6.07) is 9.33. The number of hydrogen-bond donors (Lipinski definition) is 1. The van der Waals surface area contributed by atoms with Crippen LogP contribution in [0.1, 0.15) is 11.1 Å². The van der Waals surface area contributed by atoms with Gasteiger partial charge in [-0.3, -0.25) is 4.79 Å². The van der Waals surface area contributed by atoms with Crippen molar-refractivity contribution in [3.8, 4) is 0 Å². The van der Waals surface area contributed by atoms with E-state index in [9.17, 15) is 18.0 Å². The van der Waals surface area contributed by atoms with Gasteiger partial charge in [-0.15, -0.1) is 0 Å². The molecule has 2 nitrogen and oxygen atoms in total. The lowest BCUT2D eigenvalue weighted by molar-refractivity contribution is -0.137. The summed E-state index contributed by atoms with van der Waals surface area (Å²) >= 11 is 11.8. The average Bonchev–Trinajstić information content (AvgIpc) is 2.43. The fourth-order valence-corrected chi connectivity index (χ4v) is 2.19. The molecule has 0 aliphatic rings. The van der Waals surface area contributed by atoms with E-state index in [-0.39, 0.29) is 22.0 Å². The number of benzene rings is 2. The lowest BCUT2D eigenvalue weighted by atomic mass is 10.1. The summed E-state index contributed by atoms with van der Waals surface area (Å²) in [5, 5.41) is 2.98. The van der Waals surface area contributed by atoms with Crippen molar-refractivity contribution in [1.82, 2.24) is 0 Å². The van der Waals surface area contributed by atoms with Crippen LogP contribution < -0.4 is 5.32 Å². The molecular formula is C15H10Cl2F3NO. The van der Waals surface area contributed by atoms with Gasteiger partial charge in [0, 0.05) is 0 Å². The number of rotatable bonds is 3. The number of nitrogens with one attached hydrogen (secondary N) is 1. The highest BCUT2D eigenvalue weighted by Gasteiger charge is 2.30. The number of hydrogen-bond acceptors (Lipinski definition) is 1. The van der Waals surface area contributed by atoms with Gasteiger partial charge in [0.1, 0.15) is 0 Å². The molecule has 0 aliphatic carbocycles. The minimum Gasteiger partial charge on any atom is -0.324 e. The fraction of sp³-hybridized carbons (Fsp3) is 0.133. The van der Waals surface area contributed by atoms with Crippen molar-refractivity contribution >= 4 is 34.8 Å². The van der Waals surface area contributed by atoms with E-state index in [1.54, 1.807) is 18.2 Å². The van der Waals surface area contributed by atoms with Crippen LogP contribution >= 0.6 is 23.2 Å². The van der Waals surface area contributed by atoms with E-state index >= 15 is 0 Å². The van der Waals surface area contributed by atoms with Gasteiger partial charge in [0.15, 0.2) is 0 Å². The number of amides is 1. The Morgan fingerprint density at radius 3 is 2.45 bits per heavy atom. The molecule has 0 aliphatic heterocycles. The van der Waals surface area contributed by atoms with Crippen LogP contribution in [-0.4, -0.2) is 5.91 Å². The van der Waals surface area contributed by atoms with Crippen molar-refractivity contribution in [2.75, 3.05) is 5.32 Å². The van der Waals surface area contributed by atoms with E-state index in [0.717, 1.165) is 12.1 Å². The van der Waals surface area contributed by atoms with Crippen LogP contribution in [0, 0.1) is 0 Å². The third-order valence-electron chi connectivity index (χ3n) is 2.84. The Labute approximate surface area is 134 Å². The number of carbonyl (C=O) groups is 1. The lowest BCUT2D eigenvalue weighted by Gasteiger charge is -2.10. The Morgan fingerprint density at radius 1 is 1.09 bits per heavy atom. The van der Waals surface area contributed by atoms with E-state index in [2.05, 4.69) is 5.32 Å². The molecule has 0 spiro atoms. The molecule has 0 heterocycles. The van der Waals surface area contributed by atoms with Crippen LogP contribution in [0.4, 0.5) is 18.9 Å². The highest BCUT2D eigenvalue weighted by atomic mass is 35.5. The Kier molecular flexibility index (Phi) is 4.98. The number of halogens is 5. The number of alkyl halides is 3. The summed E-state index contributed by atoms with van der Waals surface area (Å²) in [4.78, 5) is 11.9. The third-order valence-corrected chi connectivity index (χ3v) is 3.66. The zero-order valence-corrected chi connectivity index (χ0v) is 12.6. The molecule has 1 N–H and O–H groups in total. The molecule has 0 saturated heterocycles. The fourth-order valence-electron chi connectivity index (χ4n) is 1.84. The Bertz CT molecular complexity index is 701. The van der Waals surface area contributed by atoms with Gasteiger partial charge in [-0.05, 0) is 23.8 Å². The maximum absolute atomic E-state index is 12.6. The largest absolute Gasteiger partial charge is 0.416 e. The minimum atomic E-state index is -4.44. The first-order valence-electron chi connectivity index (χ1n) is 6.17. The predicted octanol–water partition coefficient (Wildman–Crippen LogP) is 5.19. The van der Waals surface area contributed by atoms with Crippen LogP contribution in [-0.2, 0) is 17.4 Å². The van der Waals surface area contributed by atoms with Crippen molar-refractivity contribution < 1.29 is 18.0 Å². The van der Waals surface area contributed by atoms with Gasteiger partial charge in [0.05, 0.1) is 27.7 Å². The molecule has 0 fully saturated rings. The molecule has 0 atom stereocenters.